The number of ether oxygens (including phenoxy) is 1. The lowest BCUT2D eigenvalue weighted by atomic mass is 9.90. The molecule has 0 N–H and O–H groups in total. The molecule has 0 radical (unpaired) electrons. The van der Waals surface area contributed by atoms with Crippen molar-refractivity contribution in [3.05, 3.63) is 30.3 Å². The van der Waals surface area contributed by atoms with E-state index in [4.69, 9.17) is 4.74 Å². The molecule has 2 bridgehead atoms. The summed E-state index contributed by atoms with van der Waals surface area (Å²) in [6, 6.07) is 11.4. The molecule has 2 fully saturated rings. The molecule has 1 aromatic carbocycles. The van der Waals surface area contributed by atoms with Crippen LogP contribution in [0.5, 0.6) is 0 Å². The standard InChI is InChI=1S/C16H21NO2S/c1-17-11-8-9-13(17)15(16(18)19-2)14(10-11)20-12-6-4-3-5-7-12/h3-7,11,13-15H,8-10H2,1-2H3/t11-,13?,14+,15?/m1/s1. The molecule has 4 heteroatoms. The number of hydrogen-bond donors (Lipinski definition) is 0. The van der Waals surface area contributed by atoms with Crippen LogP contribution in [0.2, 0.25) is 0 Å². The number of carbonyl (C=O) groups excluding carboxylic acids is 1. The lowest BCUT2D eigenvalue weighted by Crippen LogP contribution is -2.51. The molecule has 2 saturated heterocycles. The summed E-state index contributed by atoms with van der Waals surface area (Å²) >= 11 is 1.84. The second kappa shape index (κ2) is 5.78. The minimum Gasteiger partial charge on any atom is -0.469 e. The van der Waals surface area contributed by atoms with E-state index >= 15 is 0 Å². The first kappa shape index (κ1) is 14.0. The number of thioether (sulfide) groups is 1. The van der Waals surface area contributed by atoms with E-state index in [9.17, 15) is 4.79 Å². The van der Waals surface area contributed by atoms with Crippen LogP contribution in [-0.2, 0) is 9.53 Å². The monoisotopic (exact) mass is 291 g/mol. The Morgan fingerprint density at radius 2 is 2.05 bits per heavy atom. The van der Waals surface area contributed by atoms with Gasteiger partial charge in [0.1, 0.15) is 0 Å². The van der Waals surface area contributed by atoms with Crippen molar-refractivity contribution in [2.45, 2.75) is 41.5 Å². The molecule has 2 aliphatic rings. The summed E-state index contributed by atoms with van der Waals surface area (Å²) in [4.78, 5) is 15.9. The fourth-order valence-corrected chi connectivity index (χ4v) is 5.08. The van der Waals surface area contributed by atoms with Crippen molar-refractivity contribution in [3.63, 3.8) is 0 Å². The van der Waals surface area contributed by atoms with E-state index in [2.05, 4.69) is 36.2 Å². The second-order valence-electron chi connectivity index (χ2n) is 5.72. The fraction of sp³-hybridized carbons (Fsp3) is 0.562. The van der Waals surface area contributed by atoms with E-state index in [-0.39, 0.29) is 11.9 Å². The number of piperidine rings is 1. The molecule has 3 rings (SSSR count). The van der Waals surface area contributed by atoms with Crippen LogP contribution >= 0.6 is 11.8 Å². The third-order valence-electron chi connectivity index (χ3n) is 4.72. The quantitative estimate of drug-likeness (QED) is 0.801. The molecular weight excluding hydrogens is 270 g/mol. The van der Waals surface area contributed by atoms with E-state index < -0.39 is 0 Å². The predicted molar refractivity (Wildman–Crippen MR) is 80.8 cm³/mol. The molecule has 0 spiro atoms. The highest BCUT2D eigenvalue weighted by Gasteiger charge is 2.49. The molecule has 2 unspecified atom stereocenters. The lowest BCUT2D eigenvalue weighted by Gasteiger charge is -2.41. The van der Waals surface area contributed by atoms with E-state index in [1.807, 2.05) is 17.8 Å². The van der Waals surface area contributed by atoms with Gasteiger partial charge in [-0.15, -0.1) is 11.8 Å². The van der Waals surface area contributed by atoms with Crippen LogP contribution in [0.3, 0.4) is 0 Å². The molecule has 3 nitrogen and oxygen atoms in total. The number of hydrogen-bond acceptors (Lipinski definition) is 4. The fourth-order valence-electron chi connectivity index (χ4n) is 3.66. The van der Waals surface area contributed by atoms with Crippen molar-refractivity contribution in [2.24, 2.45) is 5.92 Å². The minimum absolute atomic E-state index is 0.00560. The van der Waals surface area contributed by atoms with Gasteiger partial charge in [-0.3, -0.25) is 9.69 Å². The molecule has 0 aliphatic carbocycles. The first-order chi connectivity index (χ1) is 9.70. The number of esters is 1. The summed E-state index contributed by atoms with van der Waals surface area (Å²) in [5.41, 5.74) is 0. The number of fused-ring (bicyclic) bond motifs is 2. The summed E-state index contributed by atoms with van der Waals surface area (Å²) in [7, 11) is 3.66. The van der Waals surface area contributed by atoms with Crippen LogP contribution in [0.1, 0.15) is 19.3 Å². The van der Waals surface area contributed by atoms with Crippen molar-refractivity contribution in [1.29, 1.82) is 0 Å². The second-order valence-corrected chi connectivity index (χ2v) is 7.03. The Morgan fingerprint density at radius 3 is 2.75 bits per heavy atom. The zero-order chi connectivity index (χ0) is 14.1. The summed E-state index contributed by atoms with van der Waals surface area (Å²) in [5.74, 6) is -0.0513. The van der Waals surface area contributed by atoms with Gasteiger partial charge in [-0.1, -0.05) is 18.2 Å². The molecule has 20 heavy (non-hydrogen) atoms. The molecule has 2 aliphatic heterocycles. The summed E-state index contributed by atoms with van der Waals surface area (Å²) in [6.45, 7) is 0. The molecule has 0 saturated carbocycles. The van der Waals surface area contributed by atoms with Gasteiger partial charge in [-0.25, -0.2) is 0 Å². The van der Waals surface area contributed by atoms with Crippen molar-refractivity contribution in [1.82, 2.24) is 4.90 Å². The van der Waals surface area contributed by atoms with Gasteiger partial charge in [0.2, 0.25) is 0 Å². The van der Waals surface area contributed by atoms with Crippen molar-refractivity contribution in [2.75, 3.05) is 14.2 Å². The zero-order valence-electron chi connectivity index (χ0n) is 12.0. The van der Waals surface area contributed by atoms with Crippen molar-refractivity contribution >= 4 is 17.7 Å². The Balaban J connectivity index is 1.82. The Morgan fingerprint density at radius 1 is 1.30 bits per heavy atom. The van der Waals surface area contributed by atoms with Gasteiger partial charge in [0.05, 0.1) is 13.0 Å². The van der Waals surface area contributed by atoms with Gasteiger partial charge in [0.15, 0.2) is 0 Å². The summed E-state index contributed by atoms with van der Waals surface area (Å²) < 4.78 is 5.08. The van der Waals surface area contributed by atoms with Gasteiger partial charge in [0.25, 0.3) is 0 Å². The Hall–Kier alpha value is -1.00. The third-order valence-corrected chi connectivity index (χ3v) is 6.05. The Labute approximate surface area is 124 Å². The summed E-state index contributed by atoms with van der Waals surface area (Å²) in [5, 5.41) is 0.332. The summed E-state index contributed by atoms with van der Waals surface area (Å²) in [6.07, 6.45) is 3.40. The van der Waals surface area contributed by atoms with Crippen molar-refractivity contribution < 1.29 is 9.53 Å². The van der Waals surface area contributed by atoms with Crippen LogP contribution in [0.15, 0.2) is 35.2 Å². The zero-order valence-corrected chi connectivity index (χ0v) is 12.8. The first-order valence-electron chi connectivity index (χ1n) is 7.22. The first-order valence-corrected chi connectivity index (χ1v) is 8.10. The smallest absolute Gasteiger partial charge is 0.311 e. The van der Waals surface area contributed by atoms with Gasteiger partial charge < -0.3 is 4.74 Å². The number of methoxy groups -OCH3 is 1. The highest BCUT2D eigenvalue weighted by Crippen LogP contribution is 2.45. The van der Waals surface area contributed by atoms with E-state index in [0.717, 1.165) is 12.8 Å². The number of carbonyl (C=O) groups is 1. The molecule has 2 heterocycles. The number of rotatable bonds is 3. The highest BCUT2D eigenvalue weighted by molar-refractivity contribution is 8.00. The molecule has 0 aromatic heterocycles. The molecule has 0 amide bonds. The van der Waals surface area contributed by atoms with Crippen molar-refractivity contribution in [3.8, 4) is 0 Å². The largest absolute Gasteiger partial charge is 0.469 e. The van der Waals surface area contributed by atoms with Crippen LogP contribution in [0.4, 0.5) is 0 Å². The lowest BCUT2D eigenvalue weighted by molar-refractivity contribution is -0.148. The topological polar surface area (TPSA) is 29.5 Å². The van der Waals surface area contributed by atoms with E-state index in [0.29, 0.717) is 17.3 Å². The van der Waals surface area contributed by atoms with E-state index in [1.54, 1.807) is 0 Å². The molecule has 1 aromatic rings. The van der Waals surface area contributed by atoms with E-state index in [1.165, 1.54) is 18.4 Å². The molecular formula is C16H21NO2S. The average molecular weight is 291 g/mol. The predicted octanol–water partition coefficient (Wildman–Crippen LogP) is 2.80. The Kier molecular flexibility index (Phi) is 4.03. The molecule has 4 atom stereocenters. The van der Waals surface area contributed by atoms with Crippen LogP contribution in [-0.4, -0.2) is 42.4 Å². The van der Waals surface area contributed by atoms with Gasteiger partial charge >= 0.3 is 5.97 Å². The third kappa shape index (κ3) is 2.47. The van der Waals surface area contributed by atoms with Gasteiger partial charge in [-0.05, 0) is 38.4 Å². The normalized spacial score (nSPS) is 33.1. The van der Waals surface area contributed by atoms with Crippen LogP contribution < -0.4 is 0 Å². The van der Waals surface area contributed by atoms with Gasteiger partial charge in [0, 0.05) is 22.2 Å². The minimum atomic E-state index is -0.0457. The highest BCUT2D eigenvalue weighted by atomic mass is 32.2. The maximum Gasteiger partial charge on any atom is 0.311 e. The van der Waals surface area contributed by atoms with Crippen LogP contribution in [0.25, 0.3) is 0 Å². The maximum absolute atomic E-state index is 12.2. The number of nitrogens with zero attached hydrogens (tertiary/aromatic N) is 1. The van der Waals surface area contributed by atoms with Crippen LogP contribution in [0, 0.1) is 5.92 Å². The average Bonchev–Trinajstić information content (AvgIpc) is 2.72. The van der Waals surface area contributed by atoms with Gasteiger partial charge in [-0.2, -0.15) is 0 Å². The SMILES string of the molecule is COC(=O)C1C2CC[C@H](C[C@@H]1Sc1ccccc1)N2C. The Bertz CT molecular complexity index is 479. The molecule has 108 valence electrons. The maximum atomic E-state index is 12.2. The number of benzene rings is 1.